The van der Waals surface area contributed by atoms with Gasteiger partial charge in [0.1, 0.15) is 6.04 Å². The predicted molar refractivity (Wildman–Crippen MR) is 70.1 cm³/mol. The largest absolute Gasteiger partial charge is 0.473 e. The molecule has 1 unspecified atom stereocenters. The van der Waals surface area contributed by atoms with Gasteiger partial charge in [0.05, 0.1) is 6.61 Å². The van der Waals surface area contributed by atoms with Crippen molar-refractivity contribution < 1.29 is 29.3 Å². The number of hydrogen-bond donors (Lipinski definition) is 4. The maximum Gasteiger partial charge on any atom is 0.414 e. The van der Waals surface area contributed by atoms with Gasteiger partial charge in [0.15, 0.2) is 0 Å². The van der Waals surface area contributed by atoms with Crippen molar-refractivity contribution in [2.45, 2.75) is 32.7 Å². The van der Waals surface area contributed by atoms with Crippen LogP contribution in [0.3, 0.4) is 0 Å². The summed E-state index contributed by atoms with van der Waals surface area (Å²) in [6.45, 7) is 6.17. The van der Waals surface area contributed by atoms with Gasteiger partial charge in [-0.1, -0.05) is 20.3 Å². The van der Waals surface area contributed by atoms with Crippen LogP contribution in [0.1, 0.15) is 26.7 Å². The number of carbonyl (C=O) groups is 3. The number of nitrogens with two attached hydrogens (primary N) is 1. The van der Waals surface area contributed by atoms with Crippen molar-refractivity contribution in [2.75, 3.05) is 19.7 Å². The van der Waals surface area contributed by atoms with Crippen molar-refractivity contribution in [1.82, 2.24) is 5.32 Å². The van der Waals surface area contributed by atoms with Crippen LogP contribution in [-0.2, 0) is 19.1 Å². The second kappa shape index (κ2) is 8.49. The molecule has 1 fully saturated rings. The number of aliphatic carboxylic acids is 2. The molecule has 8 heteroatoms. The van der Waals surface area contributed by atoms with Gasteiger partial charge in [-0.25, -0.2) is 9.59 Å². The molecule has 0 aliphatic carbocycles. The summed E-state index contributed by atoms with van der Waals surface area (Å²) in [5.41, 5.74) is 5.72. The average Bonchev–Trinajstić information content (AvgIpc) is 2.35. The zero-order valence-electron chi connectivity index (χ0n) is 11.7. The van der Waals surface area contributed by atoms with E-state index < -0.39 is 18.0 Å². The van der Waals surface area contributed by atoms with E-state index in [-0.39, 0.29) is 11.4 Å². The second-order valence-corrected chi connectivity index (χ2v) is 4.87. The number of esters is 1. The number of ether oxygens (including phenoxy) is 1. The summed E-state index contributed by atoms with van der Waals surface area (Å²) in [7, 11) is 0. The van der Waals surface area contributed by atoms with E-state index in [1.165, 1.54) is 0 Å². The maximum absolute atomic E-state index is 11.5. The van der Waals surface area contributed by atoms with Crippen molar-refractivity contribution in [3.8, 4) is 0 Å². The Morgan fingerprint density at radius 1 is 1.30 bits per heavy atom. The van der Waals surface area contributed by atoms with Crippen LogP contribution in [0.15, 0.2) is 0 Å². The molecule has 0 aromatic rings. The lowest BCUT2D eigenvalue weighted by atomic mass is 9.77. The molecular weight excluding hydrogens is 268 g/mol. The van der Waals surface area contributed by atoms with E-state index in [2.05, 4.69) is 12.2 Å². The second-order valence-electron chi connectivity index (χ2n) is 4.87. The van der Waals surface area contributed by atoms with Crippen LogP contribution in [0.5, 0.6) is 0 Å². The monoisotopic (exact) mass is 290 g/mol. The highest BCUT2D eigenvalue weighted by Gasteiger charge is 2.42. The first-order chi connectivity index (χ1) is 9.24. The van der Waals surface area contributed by atoms with E-state index in [9.17, 15) is 4.79 Å². The Morgan fingerprint density at radius 2 is 1.80 bits per heavy atom. The number of rotatable bonds is 5. The molecule has 0 amide bonds. The van der Waals surface area contributed by atoms with Gasteiger partial charge in [0, 0.05) is 18.5 Å². The highest BCUT2D eigenvalue weighted by atomic mass is 16.5. The molecule has 0 spiro atoms. The fourth-order valence-corrected chi connectivity index (χ4v) is 1.43. The molecule has 5 N–H and O–H groups in total. The zero-order chi connectivity index (χ0) is 15.8. The molecule has 0 aromatic carbocycles. The molecule has 116 valence electrons. The van der Waals surface area contributed by atoms with Crippen LogP contribution in [0.2, 0.25) is 0 Å². The van der Waals surface area contributed by atoms with Gasteiger partial charge < -0.3 is 26.0 Å². The Morgan fingerprint density at radius 3 is 2.10 bits per heavy atom. The fourth-order valence-electron chi connectivity index (χ4n) is 1.43. The number of carboxylic acids is 2. The van der Waals surface area contributed by atoms with E-state index in [0.717, 1.165) is 25.9 Å². The SMILES string of the molecule is CCCCOC(=O)C(N)C1(C)CNC1.O=C(O)C(=O)O. The standard InChI is InChI=1S/C10H20N2O2.C2H2O4/c1-3-4-5-14-9(13)8(11)10(2)6-12-7-10;3-1(4)2(5)6/h8,12H,3-7,11H2,1-2H3;(H,3,4)(H,5,6). The summed E-state index contributed by atoms with van der Waals surface area (Å²) in [5.74, 6) is -3.91. The molecule has 1 atom stereocenters. The molecule has 0 saturated carbocycles. The van der Waals surface area contributed by atoms with Gasteiger partial charge in [0.2, 0.25) is 0 Å². The minimum atomic E-state index is -1.82. The van der Waals surface area contributed by atoms with Gasteiger partial charge in [-0.15, -0.1) is 0 Å². The van der Waals surface area contributed by atoms with E-state index in [0.29, 0.717) is 6.61 Å². The summed E-state index contributed by atoms with van der Waals surface area (Å²) in [5, 5.41) is 17.9. The number of carboxylic acid groups (broad SMARTS) is 2. The third-order valence-electron chi connectivity index (χ3n) is 2.99. The molecule has 1 rings (SSSR count). The third-order valence-corrected chi connectivity index (χ3v) is 2.99. The Balaban J connectivity index is 0.000000511. The number of carbonyl (C=O) groups excluding carboxylic acids is 1. The number of hydrogen-bond acceptors (Lipinski definition) is 6. The van der Waals surface area contributed by atoms with Gasteiger partial charge in [0.25, 0.3) is 0 Å². The molecule has 0 bridgehead atoms. The van der Waals surface area contributed by atoms with E-state index in [4.69, 9.17) is 30.3 Å². The summed E-state index contributed by atoms with van der Waals surface area (Å²) in [4.78, 5) is 29.7. The third kappa shape index (κ3) is 5.98. The molecule has 1 saturated heterocycles. The summed E-state index contributed by atoms with van der Waals surface area (Å²) < 4.78 is 5.07. The van der Waals surface area contributed by atoms with Crippen molar-refractivity contribution in [2.24, 2.45) is 11.1 Å². The fraction of sp³-hybridized carbons (Fsp3) is 0.750. The van der Waals surface area contributed by atoms with Crippen LogP contribution in [0.4, 0.5) is 0 Å². The van der Waals surface area contributed by atoms with E-state index in [1.807, 2.05) is 6.92 Å². The van der Waals surface area contributed by atoms with Gasteiger partial charge in [-0.05, 0) is 6.42 Å². The highest BCUT2D eigenvalue weighted by molar-refractivity contribution is 6.27. The zero-order valence-corrected chi connectivity index (χ0v) is 11.7. The van der Waals surface area contributed by atoms with Crippen LogP contribution >= 0.6 is 0 Å². The summed E-state index contributed by atoms with van der Waals surface area (Å²) >= 11 is 0. The first kappa shape index (κ1) is 18.3. The quantitative estimate of drug-likeness (QED) is 0.300. The molecule has 1 aliphatic rings. The van der Waals surface area contributed by atoms with E-state index >= 15 is 0 Å². The number of unbranched alkanes of at least 4 members (excludes halogenated alkanes) is 1. The Hall–Kier alpha value is -1.67. The molecule has 1 heterocycles. The Labute approximate surface area is 117 Å². The molecule has 0 aromatic heterocycles. The summed E-state index contributed by atoms with van der Waals surface area (Å²) in [6.07, 6.45) is 1.94. The lowest BCUT2D eigenvalue weighted by molar-refractivity contribution is -0.159. The van der Waals surface area contributed by atoms with Crippen LogP contribution in [0, 0.1) is 5.41 Å². The minimum Gasteiger partial charge on any atom is -0.473 e. The van der Waals surface area contributed by atoms with Crippen molar-refractivity contribution in [1.29, 1.82) is 0 Å². The van der Waals surface area contributed by atoms with Crippen molar-refractivity contribution in [3.05, 3.63) is 0 Å². The maximum atomic E-state index is 11.5. The average molecular weight is 290 g/mol. The first-order valence-electron chi connectivity index (χ1n) is 6.33. The van der Waals surface area contributed by atoms with Crippen molar-refractivity contribution in [3.63, 3.8) is 0 Å². The highest BCUT2D eigenvalue weighted by Crippen LogP contribution is 2.25. The number of nitrogens with one attached hydrogen (secondary N) is 1. The smallest absolute Gasteiger partial charge is 0.414 e. The molecular formula is C12H22N2O6. The lowest BCUT2D eigenvalue weighted by Crippen LogP contribution is -2.63. The Kier molecular flexibility index (Phi) is 7.78. The van der Waals surface area contributed by atoms with Crippen LogP contribution < -0.4 is 11.1 Å². The van der Waals surface area contributed by atoms with Gasteiger partial charge >= 0.3 is 17.9 Å². The molecule has 0 radical (unpaired) electrons. The first-order valence-corrected chi connectivity index (χ1v) is 6.33. The van der Waals surface area contributed by atoms with Gasteiger partial charge in [-0.2, -0.15) is 0 Å². The normalized spacial score (nSPS) is 16.9. The minimum absolute atomic E-state index is 0.108. The predicted octanol–water partition coefficient (Wildman–Crippen LogP) is -0.578. The Bertz CT molecular complexity index is 342. The lowest BCUT2D eigenvalue weighted by Gasteiger charge is -2.42. The van der Waals surface area contributed by atoms with Gasteiger partial charge in [-0.3, -0.25) is 4.79 Å². The summed E-state index contributed by atoms with van der Waals surface area (Å²) in [6, 6.07) is -0.486. The van der Waals surface area contributed by atoms with E-state index in [1.54, 1.807) is 0 Å². The molecule has 1 aliphatic heterocycles. The molecule has 20 heavy (non-hydrogen) atoms. The van der Waals surface area contributed by atoms with Crippen LogP contribution in [-0.4, -0.2) is 53.9 Å². The molecule has 8 nitrogen and oxygen atoms in total. The van der Waals surface area contributed by atoms with Crippen LogP contribution in [0.25, 0.3) is 0 Å². The van der Waals surface area contributed by atoms with Crippen molar-refractivity contribution >= 4 is 17.9 Å². The topological polar surface area (TPSA) is 139 Å².